The number of hydrogen-bond acceptors (Lipinski definition) is 8. The van der Waals surface area contributed by atoms with Gasteiger partial charge in [-0.1, -0.05) is 29.5 Å². The predicted octanol–water partition coefficient (Wildman–Crippen LogP) is 1.92. The molecule has 1 amide bonds. The molecule has 28 heavy (non-hydrogen) atoms. The first-order valence-corrected chi connectivity index (χ1v) is 10.1. The summed E-state index contributed by atoms with van der Waals surface area (Å²) < 4.78 is 10.8. The van der Waals surface area contributed by atoms with E-state index in [-0.39, 0.29) is 19.1 Å². The molecule has 2 N–H and O–H groups in total. The highest BCUT2D eigenvalue weighted by Crippen LogP contribution is 2.24. The van der Waals surface area contributed by atoms with Crippen LogP contribution < -0.4 is 10.1 Å². The molecule has 2 heterocycles. The average Bonchev–Trinajstić information content (AvgIpc) is 3.03. The number of amides is 1. The Balaban J connectivity index is 1.45. The van der Waals surface area contributed by atoms with Crippen molar-refractivity contribution in [2.24, 2.45) is 0 Å². The third-order valence-electron chi connectivity index (χ3n) is 4.61. The molecule has 0 saturated carbocycles. The number of ether oxygens (including phenoxy) is 2. The van der Waals surface area contributed by atoms with E-state index < -0.39 is 5.60 Å². The van der Waals surface area contributed by atoms with Gasteiger partial charge in [0.15, 0.2) is 0 Å². The van der Waals surface area contributed by atoms with E-state index in [1.807, 2.05) is 35.2 Å². The fraction of sp³-hybridized carbons (Fsp3) is 0.526. The van der Waals surface area contributed by atoms with Crippen LogP contribution in [0.5, 0.6) is 5.75 Å². The Bertz CT molecular complexity index is 757. The normalized spacial score (nSPS) is 20.5. The Labute approximate surface area is 168 Å². The number of likely N-dealkylation sites (tertiary alicyclic amines) is 1. The van der Waals surface area contributed by atoms with E-state index in [1.54, 1.807) is 7.11 Å². The van der Waals surface area contributed by atoms with Gasteiger partial charge in [0.2, 0.25) is 11.0 Å². The van der Waals surface area contributed by atoms with Crippen LogP contribution in [0, 0.1) is 0 Å². The maximum absolute atomic E-state index is 12.3. The van der Waals surface area contributed by atoms with Gasteiger partial charge >= 0.3 is 0 Å². The van der Waals surface area contributed by atoms with Crippen molar-refractivity contribution in [3.05, 3.63) is 35.3 Å². The van der Waals surface area contributed by atoms with Gasteiger partial charge in [-0.05, 0) is 37.9 Å². The van der Waals surface area contributed by atoms with Crippen molar-refractivity contribution in [1.82, 2.24) is 15.1 Å². The van der Waals surface area contributed by atoms with E-state index in [0.717, 1.165) is 23.7 Å². The third kappa shape index (κ3) is 6.23. The van der Waals surface area contributed by atoms with Gasteiger partial charge in [-0.25, -0.2) is 0 Å². The molecule has 3 rings (SSSR count). The van der Waals surface area contributed by atoms with Gasteiger partial charge in [-0.15, -0.1) is 10.2 Å². The molecule has 1 aromatic heterocycles. The summed E-state index contributed by atoms with van der Waals surface area (Å²) in [6.07, 6.45) is 2.01. The number of nitrogens with one attached hydrogen (secondary N) is 1. The number of nitrogens with zero attached hydrogens (tertiary/aromatic N) is 3. The summed E-state index contributed by atoms with van der Waals surface area (Å²) in [5, 5.41) is 22.7. The second kappa shape index (κ2) is 9.92. The Kier molecular flexibility index (Phi) is 7.32. The first kappa shape index (κ1) is 20.7. The summed E-state index contributed by atoms with van der Waals surface area (Å²) in [7, 11) is 1.59. The van der Waals surface area contributed by atoms with E-state index in [2.05, 4.69) is 15.5 Å². The number of aliphatic hydroxyl groups is 1. The maximum atomic E-state index is 12.3. The first-order valence-electron chi connectivity index (χ1n) is 9.30. The molecule has 2 aromatic rings. The van der Waals surface area contributed by atoms with Crippen LogP contribution in [0.15, 0.2) is 30.3 Å². The molecular formula is C19H26N4O4S. The molecule has 8 nitrogen and oxygen atoms in total. The number of carbonyl (C=O) groups excluding carboxylic acids is 1. The summed E-state index contributed by atoms with van der Waals surface area (Å²) >= 11 is 1.30. The van der Waals surface area contributed by atoms with E-state index >= 15 is 0 Å². The van der Waals surface area contributed by atoms with Crippen LogP contribution in [0.25, 0.3) is 0 Å². The van der Waals surface area contributed by atoms with Crippen LogP contribution in [0.2, 0.25) is 0 Å². The van der Waals surface area contributed by atoms with Gasteiger partial charge in [0.1, 0.15) is 24.0 Å². The Morgan fingerprint density at radius 1 is 1.29 bits per heavy atom. The number of carbonyl (C=O) groups is 1. The summed E-state index contributed by atoms with van der Waals surface area (Å²) in [6.45, 7) is 2.28. The minimum absolute atomic E-state index is 0.133. The summed E-state index contributed by atoms with van der Waals surface area (Å²) in [6, 6.07) is 9.49. The smallest absolute Gasteiger partial charge is 0.240 e. The van der Waals surface area contributed by atoms with Gasteiger partial charge in [0.25, 0.3) is 0 Å². The monoisotopic (exact) mass is 406 g/mol. The number of aromatic nitrogens is 2. The van der Waals surface area contributed by atoms with E-state index in [9.17, 15) is 9.90 Å². The number of methoxy groups -OCH3 is 1. The van der Waals surface area contributed by atoms with Crippen molar-refractivity contribution in [3.63, 3.8) is 0 Å². The molecule has 1 saturated heterocycles. The van der Waals surface area contributed by atoms with Crippen molar-refractivity contribution in [2.45, 2.75) is 31.5 Å². The largest absolute Gasteiger partial charge is 0.491 e. The SMILES string of the molecule is COCc1nnc(NC(=O)CN2CCC[C@](O)(COc3ccccc3)CC2)s1. The second-order valence-corrected chi connectivity index (χ2v) is 8.00. The van der Waals surface area contributed by atoms with Gasteiger partial charge < -0.3 is 14.6 Å². The highest BCUT2D eigenvalue weighted by molar-refractivity contribution is 7.15. The topological polar surface area (TPSA) is 96.8 Å². The fourth-order valence-electron chi connectivity index (χ4n) is 3.12. The molecule has 1 aromatic carbocycles. The number of anilines is 1. The Hall–Kier alpha value is -2.07. The number of hydrogen-bond donors (Lipinski definition) is 2. The lowest BCUT2D eigenvalue weighted by atomic mass is 9.96. The van der Waals surface area contributed by atoms with Crippen LogP contribution >= 0.6 is 11.3 Å². The highest BCUT2D eigenvalue weighted by Gasteiger charge is 2.31. The molecule has 0 aliphatic carbocycles. The summed E-state index contributed by atoms with van der Waals surface area (Å²) in [4.78, 5) is 14.3. The summed E-state index contributed by atoms with van der Waals surface area (Å²) in [5.41, 5.74) is -0.880. The zero-order chi connectivity index (χ0) is 19.8. The third-order valence-corrected chi connectivity index (χ3v) is 5.42. The van der Waals surface area contributed by atoms with Gasteiger partial charge in [0, 0.05) is 13.7 Å². The van der Waals surface area contributed by atoms with Crippen molar-refractivity contribution >= 4 is 22.4 Å². The quantitative estimate of drug-likeness (QED) is 0.691. The summed E-state index contributed by atoms with van der Waals surface area (Å²) in [5.74, 6) is 0.618. The molecule has 1 aliphatic heterocycles. The van der Waals surface area contributed by atoms with Crippen molar-refractivity contribution in [3.8, 4) is 5.75 Å². The molecule has 1 aliphatic rings. The van der Waals surface area contributed by atoms with E-state index in [4.69, 9.17) is 9.47 Å². The minimum Gasteiger partial charge on any atom is -0.491 e. The number of rotatable bonds is 8. The lowest BCUT2D eigenvalue weighted by Crippen LogP contribution is -2.38. The standard InChI is InChI=1S/C19H26N4O4S/c1-26-13-17-21-22-18(28-17)20-16(24)12-23-10-5-8-19(25,9-11-23)14-27-15-6-3-2-4-7-15/h2-4,6-7,25H,5,8-14H2,1H3,(H,20,22,24)/t19-/m1/s1. The first-order chi connectivity index (χ1) is 13.6. The molecule has 0 spiro atoms. The van der Waals surface area contributed by atoms with Crippen molar-refractivity contribution in [2.75, 3.05) is 38.7 Å². The molecule has 152 valence electrons. The molecule has 1 fully saturated rings. The lowest BCUT2D eigenvalue weighted by Gasteiger charge is -2.26. The highest BCUT2D eigenvalue weighted by atomic mass is 32.1. The Morgan fingerprint density at radius 3 is 2.89 bits per heavy atom. The minimum atomic E-state index is -0.880. The average molecular weight is 407 g/mol. The Morgan fingerprint density at radius 2 is 2.11 bits per heavy atom. The van der Waals surface area contributed by atoms with Crippen LogP contribution in [-0.2, 0) is 16.1 Å². The molecule has 9 heteroatoms. The van der Waals surface area contributed by atoms with E-state index in [0.29, 0.717) is 31.1 Å². The zero-order valence-electron chi connectivity index (χ0n) is 16.0. The zero-order valence-corrected chi connectivity index (χ0v) is 16.8. The maximum Gasteiger partial charge on any atom is 0.240 e. The second-order valence-electron chi connectivity index (χ2n) is 6.94. The van der Waals surface area contributed by atoms with Gasteiger partial charge in [0.05, 0.1) is 12.1 Å². The van der Waals surface area contributed by atoms with Crippen LogP contribution in [-0.4, -0.2) is 65.1 Å². The van der Waals surface area contributed by atoms with Crippen LogP contribution in [0.4, 0.5) is 5.13 Å². The molecular weight excluding hydrogens is 380 g/mol. The lowest BCUT2D eigenvalue weighted by molar-refractivity contribution is -0.117. The van der Waals surface area contributed by atoms with Gasteiger partial charge in [-0.3, -0.25) is 15.0 Å². The molecule has 1 atom stereocenters. The molecule has 0 unspecified atom stereocenters. The van der Waals surface area contributed by atoms with Crippen LogP contribution in [0.1, 0.15) is 24.3 Å². The van der Waals surface area contributed by atoms with Crippen LogP contribution in [0.3, 0.4) is 0 Å². The number of para-hydroxylation sites is 1. The van der Waals surface area contributed by atoms with Gasteiger partial charge in [-0.2, -0.15) is 0 Å². The van der Waals surface area contributed by atoms with Crippen molar-refractivity contribution < 1.29 is 19.4 Å². The number of benzene rings is 1. The molecule has 0 radical (unpaired) electrons. The fourth-order valence-corrected chi connectivity index (χ4v) is 3.85. The molecule has 0 bridgehead atoms. The predicted molar refractivity (Wildman–Crippen MR) is 106 cm³/mol. The van der Waals surface area contributed by atoms with E-state index in [1.165, 1.54) is 11.3 Å². The van der Waals surface area contributed by atoms with Crippen molar-refractivity contribution in [1.29, 1.82) is 0 Å².